The molecule has 3 aromatic rings. The molecule has 0 saturated carbocycles. The van der Waals surface area contributed by atoms with E-state index in [-0.39, 0.29) is 49.0 Å². The standard InChI is InChI=1S/C24H18Cl4N6O3/c1-11-3-6-18(20(36)7-11)31-32-21-23(30-19-10-14(29-12(2)35)4-5-15(19)26)33-34(24(21)37)22-16(27)8-13(25)9-17(22)28/h3-10,21,36H,1-2H3,(H,29,35)(H,30,33)/b32-31+. The first-order valence-electron chi connectivity index (χ1n) is 10.6. The molecule has 190 valence electrons. The number of benzene rings is 3. The third-order valence-electron chi connectivity index (χ3n) is 5.06. The highest BCUT2D eigenvalue weighted by Crippen LogP contribution is 2.39. The molecule has 0 spiro atoms. The minimum Gasteiger partial charge on any atom is -0.506 e. The molecular formula is C24H18Cl4N6O3. The van der Waals surface area contributed by atoms with E-state index < -0.39 is 11.9 Å². The van der Waals surface area contributed by atoms with Gasteiger partial charge in [-0.3, -0.25) is 9.59 Å². The van der Waals surface area contributed by atoms with E-state index in [4.69, 9.17) is 46.4 Å². The third kappa shape index (κ3) is 5.97. The molecule has 3 N–H and O–H groups in total. The van der Waals surface area contributed by atoms with Gasteiger partial charge in [0.05, 0.1) is 20.8 Å². The molecule has 13 heteroatoms. The van der Waals surface area contributed by atoms with Crippen molar-refractivity contribution in [2.45, 2.75) is 19.9 Å². The maximum atomic E-state index is 13.5. The molecule has 1 heterocycles. The summed E-state index contributed by atoms with van der Waals surface area (Å²) in [6.45, 7) is 3.18. The van der Waals surface area contributed by atoms with Crippen molar-refractivity contribution < 1.29 is 14.7 Å². The number of carbonyl (C=O) groups is 2. The Hall–Kier alpha value is -3.37. The van der Waals surface area contributed by atoms with Gasteiger partial charge in [-0.05, 0) is 55.0 Å². The van der Waals surface area contributed by atoms with Gasteiger partial charge in [0.2, 0.25) is 11.9 Å². The Balaban J connectivity index is 1.76. The van der Waals surface area contributed by atoms with Crippen molar-refractivity contribution in [3.63, 3.8) is 0 Å². The van der Waals surface area contributed by atoms with Gasteiger partial charge >= 0.3 is 0 Å². The Morgan fingerprint density at radius 2 is 1.73 bits per heavy atom. The molecule has 9 nitrogen and oxygen atoms in total. The van der Waals surface area contributed by atoms with E-state index in [1.165, 1.54) is 25.1 Å². The van der Waals surface area contributed by atoms with Crippen molar-refractivity contribution in [1.29, 1.82) is 0 Å². The number of nitrogens with one attached hydrogen (secondary N) is 2. The van der Waals surface area contributed by atoms with E-state index in [9.17, 15) is 14.7 Å². The van der Waals surface area contributed by atoms with E-state index in [2.05, 4.69) is 26.0 Å². The van der Waals surface area contributed by atoms with E-state index in [0.29, 0.717) is 11.4 Å². The number of nitrogens with zero attached hydrogens (tertiary/aromatic N) is 4. The number of aromatic hydroxyl groups is 1. The first-order valence-corrected chi connectivity index (χ1v) is 12.2. The number of amides is 2. The van der Waals surface area contributed by atoms with Crippen molar-refractivity contribution in [3.8, 4) is 5.75 Å². The lowest BCUT2D eigenvalue weighted by molar-refractivity contribution is -0.118. The van der Waals surface area contributed by atoms with Gasteiger partial charge in [0.15, 0.2) is 5.84 Å². The molecule has 1 aliphatic rings. The highest BCUT2D eigenvalue weighted by atomic mass is 35.5. The molecule has 1 aliphatic heterocycles. The molecule has 37 heavy (non-hydrogen) atoms. The smallest absolute Gasteiger partial charge is 0.282 e. The Bertz CT molecular complexity index is 1450. The molecule has 0 aromatic heterocycles. The lowest BCUT2D eigenvalue weighted by Crippen LogP contribution is -2.33. The SMILES string of the molecule is CC(=O)Nc1ccc(Cl)c(NC2=NN(c3c(Cl)cc(Cl)cc3Cl)C(=O)C2/N=N/c2ccc(C)cc2O)c1. The predicted molar refractivity (Wildman–Crippen MR) is 147 cm³/mol. The second kappa shape index (κ2) is 10.9. The fraction of sp³-hybridized carbons (Fsp3) is 0.125. The predicted octanol–water partition coefficient (Wildman–Crippen LogP) is 7.20. The highest BCUT2D eigenvalue weighted by Gasteiger charge is 2.39. The number of halogens is 4. The average molecular weight is 580 g/mol. The van der Waals surface area contributed by atoms with Crippen LogP contribution in [0.25, 0.3) is 0 Å². The summed E-state index contributed by atoms with van der Waals surface area (Å²) in [5.74, 6) is -0.959. The van der Waals surface area contributed by atoms with Crippen molar-refractivity contribution >= 4 is 86.8 Å². The number of anilines is 3. The Morgan fingerprint density at radius 1 is 1.03 bits per heavy atom. The zero-order chi connectivity index (χ0) is 26.9. The Morgan fingerprint density at radius 3 is 2.38 bits per heavy atom. The van der Waals surface area contributed by atoms with Gasteiger partial charge in [0.25, 0.3) is 5.91 Å². The quantitative estimate of drug-likeness (QED) is 0.277. The minimum absolute atomic E-state index is 0.0457. The van der Waals surface area contributed by atoms with Crippen LogP contribution in [0.15, 0.2) is 63.9 Å². The molecule has 2 amide bonds. The average Bonchev–Trinajstić information content (AvgIpc) is 3.09. The monoisotopic (exact) mass is 578 g/mol. The molecule has 1 atom stereocenters. The summed E-state index contributed by atoms with van der Waals surface area (Å²) < 4.78 is 0. The minimum atomic E-state index is -1.27. The summed E-state index contributed by atoms with van der Waals surface area (Å²) in [7, 11) is 0. The second-order valence-electron chi connectivity index (χ2n) is 7.96. The van der Waals surface area contributed by atoms with Crippen LogP contribution in [-0.2, 0) is 9.59 Å². The number of amidine groups is 1. The third-order valence-corrected chi connectivity index (χ3v) is 6.19. The molecule has 0 fully saturated rings. The van der Waals surface area contributed by atoms with Gasteiger partial charge in [0, 0.05) is 17.6 Å². The first-order chi connectivity index (χ1) is 17.5. The Kier molecular flexibility index (Phi) is 7.89. The molecule has 3 aromatic carbocycles. The van der Waals surface area contributed by atoms with Crippen LogP contribution in [-0.4, -0.2) is 28.8 Å². The largest absolute Gasteiger partial charge is 0.506 e. The van der Waals surface area contributed by atoms with E-state index >= 15 is 0 Å². The summed E-state index contributed by atoms with van der Waals surface area (Å²) in [4.78, 5) is 25.0. The fourth-order valence-electron chi connectivity index (χ4n) is 3.42. The van der Waals surface area contributed by atoms with Crippen molar-refractivity contribution in [3.05, 3.63) is 74.2 Å². The number of rotatable bonds is 5. The molecule has 0 saturated heterocycles. The summed E-state index contributed by atoms with van der Waals surface area (Å²) in [5, 5.41) is 30.2. The van der Waals surface area contributed by atoms with Crippen LogP contribution < -0.4 is 15.6 Å². The van der Waals surface area contributed by atoms with Gasteiger partial charge in [-0.2, -0.15) is 15.2 Å². The normalized spacial score (nSPS) is 15.3. The summed E-state index contributed by atoms with van der Waals surface area (Å²) in [6.07, 6.45) is 0. The van der Waals surface area contributed by atoms with Crippen LogP contribution >= 0.6 is 46.4 Å². The number of phenolic OH excluding ortho intramolecular Hbond substituents is 1. The van der Waals surface area contributed by atoms with Gasteiger partial charge in [0.1, 0.15) is 17.1 Å². The lowest BCUT2D eigenvalue weighted by atomic mass is 10.2. The van der Waals surface area contributed by atoms with Crippen LogP contribution in [0.1, 0.15) is 12.5 Å². The van der Waals surface area contributed by atoms with Gasteiger partial charge < -0.3 is 15.7 Å². The number of carbonyl (C=O) groups excluding carboxylic acids is 2. The number of hydrogen-bond acceptors (Lipinski definition) is 7. The van der Waals surface area contributed by atoms with Crippen molar-refractivity contribution in [1.82, 2.24) is 0 Å². The maximum Gasteiger partial charge on any atom is 0.282 e. The molecule has 0 aliphatic carbocycles. The summed E-state index contributed by atoms with van der Waals surface area (Å²) in [5.41, 5.74) is 1.89. The molecule has 0 radical (unpaired) electrons. The van der Waals surface area contributed by atoms with Gasteiger partial charge in [-0.15, -0.1) is 5.10 Å². The molecule has 1 unspecified atom stereocenters. The highest BCUT2D eigenvalue weighted by molar-refractivity contribution is 6.43. The topological polar surface area (TPSA) is 119 Å². The molecule has 4 rings (SSSR count). The van der Waals surface area contributed by atoms with Gasteiger partial charge in [-0.25, -0.2) is 0 Å². The molecule has 0 bridgehead atoms. The lowest BCUT2D eigenvalue weighted by Gasteiger charge is -2.15. The van der Waals surface area contributed by atoms with Crippen LogP contribution in [0.2, 0.25) is 20.1 Å². The van der Waals surface area contributed by atoms with Crippen LogP contribution in [0, 0.1) is 6.92 Å². The number of hydrazone groups is 1. The summed E-state index contributed by atoms with van der Waals surface area (Å²) >= 11 is 25.0. The van der Waals surface area contributed by atoms with E-state index in [1.54, 1.807) is 30.3 Å². The number of hydrogen-bond donors (Lipinski definition) is 3. The number of aryl methyl sites for hydroxylation is 1. The maximum absolute atomic E-state index is 13.5. The zero-order valence-electron chi connectivity index (χ0n) is 19.3. The number of azo groups is 1. The summed E-state index contributed by atoms with van der Waals surface area (Å²) in [6, 6.07) is 11.2. The van der Waals surface area contributed by atoms with E-state index in [1.807, 2.05) is 6.92 Å². The van der Waals surface area contributed by atoms with Crippen LogP contribution in [0.3, 0.4) is 0 Å². The second-order valence-corrected chi connectivity index (χ2v) is 9.62. The zero-order valence-corrected chi connectivity index (χ0v) is 22.3. The van der Waals surface area contributed by atoms with Crippen molar-refractivity contribution in [2.75, 3.05) is 15.6 Å². The van der Waals surface area contributed by atoms with E-state index in [0.717, 1.165) is 10.6 Å². The number of phenols is 1. The Labute approximate surface area is 231 Å². The van der Waals surface area contributed by atoms with Crippen molar-refractivity contribution in [2.24, 2.45) is 15.3 Å². The van der Waals surface area contributed by atoms with Crippen LogP contribution in [0.4, 0.5) is 22.7 Å². The van der Waals surface area contributed by atoms with Gasteiger partial charge in [-0.1, -0.05) is 52.5 Å². The fourth-order valence-corrected chi connectivity index (χ4v) is 4.56. The van der Waals surface area contributed by atoms with Crippen LogP contribution in [0.5, 0.6) is 5.75 Å². The molecular weight excluding hydrogens is 562 g/mol. The first kappa shape index (κ1) is 26.7.